The molecule has 0 aliphatic carbocycles. The smallest absolute Gasteiger partial charge is 0.286 e. The van der Waals surface area contributed by atoms with Crippen LogP contribution in [0.25, 0.3) is 0 Å². The molecule has 1 unspecified atom stereocenters. The molecule has 1 rings (SSSR count). The minimum atomic E-state index is -0.216. The van der Waals surface area contributed by atoms with Crippen LogP contribution >= 0.6 is 11.8 Å². The molecule has 0 aromatic carbocycles. The zero-order valence-electron chi connectivity index (χ0n) is 5.01. The minimum Gasteiger partial charge on any atom is -0.286 e. The molecule has 11 heavy (non-hydrogen) atoms. The predicted molar refractivity (Wildman–Crippen MR) is 48.7 cm³/mol. The Morgan fingerprint density at radius 3 is 2.18 bits per heavy atom. The fourth-order valence-corrected chi connectivity index (χ4v) is 1.41. The van der Waals surface area contributed by atoms with Crippen LogP contribution in [0.1, 0.15) is 28.2 Å². The molecule has 0 saturated carbocycles. The zero-order chi connectivity index (χ0) is 6.85. The predicted octanol–water partition coefficient (Wildman–Crippen LogP) is 2.02. The first-order valence-corrected chi connectivity index (χ1v) is 3.63. The van der Waals surface area contributed by atoms with Crippen molar-refractivity contribution >= 4 is 22.9 Å². The zero-order valence-corrected chi connectivity index (χ0v) is 5.83. The molecule has 1 saturated heterocycles. The summed E-state index contributed by atoms with van der Waals surface area (Å²) in [6.07, 6.45) is 0.724. The van der Waals surface area contributed by atoms with Crippen LogP contribution in [0.4, 0.5) is 4.79 Å². The van der Waals surface area contributed by atoms with E-state index in [2.05, 4.69) is 5.32 Å². The number of imide groups is 1. The van der Waals surface area contributed by atoms with E-state index in [0.717, 1.165) is 18.2 Å². The highest BCUT2D eigenvalue weighted by atomic mass is 32.2. The second kappa shape index (κ2) is 5.18. The van der Waals surface area contributed by atoms with Crippen molar-refractivity contribution in [3.05, 3.63) is 0 Å². The molecule has 1 fully saturated rings. The molecule has 66 valence electrons. The average Bonchev–Trinajstić information content (AvgIpc) is 2.10. The van der Waals surface area contributed by atoms with Crippen LogP contribution < -0.4 is 5.32 Å². The van der Waals surface area contributed by atoms with Crippen molar-refractivity contribution in [1.29, 1.82) is 0 Å². The monoisotopic (exact) mass is 177 g/mol. The highest BCUT2D eigenvalue weighted by Crippen LogP contribution is 2.20. The topological polar surface area (TPSA) is 46.2 Å². The molecule has 1 heterocycles. The summed E-state index contributed by atoms with van der Waals surface area (Å²) in [7, 11) is 0. The van der Waals surface area contributed by atoms with E-state index in [1.54, 1.807) is 0 Å². The minimum absolute atomic E-state index is 0. The van der Waals surface area contributed by atoms with E-state index in [1.165, 1.54) is 0 Å². The summed E-state index contributed by atoms with van der Waals surface area (Å²) in [5, 5.41) is 1.85. The summed E-state index contributed by atoms with van der Waals surface area (Å²) in [6, 6.07) is 0. The molecule has 1 atom stereocenters. The Kier molecular flexibility index (Phi) is 6.17. The van der Waals surface area contributed by atoms with E-state index in [9.17, 15) is 9.59 Å². The lowest BCUT2D eigenvalue weighted by molar-refractivity contribution is -0.119. The molecule has 3 nitrogen and oxygen atoms in total. The summed E-state index contributed by atoms with van der Waals surface area (Å²) in [6.45, 7) is 1.88. The van der Waals surface area contributed by atoms with Gasteiger partial charge in [0.05, 0.1) is 5.25 Å². The molecular weight excluding hydrogens is 162 g/mol. The van der Waals surface area contributed by atoms with Crippen molar-refractivity contribution in [2.75, 3.05) is 0 Å². The molecule has 0 aromatic rings. The third kappa shape index (κ3) is 2.93. The number of nitrogens with one attached hydrogen (secondary N) is 1. The van der Waals surface area contributed by atoms with Gasteiger partial charge in [-0.15, -0.1) is 0 Å². The van der Waals surface area contributed by atoms with Gasteiger partial charge in [0.1, 0.15) is 0 Å². The fourth-order valence-electron chi connectivity index (χ4n) is 0.662. The Balaban J connectivity index is 0. The highest BCUT2D eigenvalue weighted by Gasteiger charge is 2.29. The summed E-state index contributed by atoms with van der Waals surface area (Å²) in [5.41, 5.74) is 0. The van der Waals surface area contributed by atoms with Crippen LogP contribution in [-0.4, -0.2) is 16.4 Å². The van der Waals surface area contributed by atoms with Gasteiger partial charge in [0, 0.05) is 0 Å². The number of rotatable bonds is 1. The molecule has 1 N–H and O–H groups in total. The summed E-state index contributed by atoms with van der Waals surface area (Å²) >= 11 is 1.07. The quantitative estimate of drug-likeness (QED) is 0.666. The van der Waals surface area contributed by atoms with E-state index in [1.807, 2.05) is 6.92 Å². The maximum absolute atomic E-state index is 10.7. The van der Waals surface area contributed by atoms with E-state index in [0.29, 0.717) is 0 Å². The van der Waals surface area contributed by atoms with Crippen molar-refractivity contribution in [1.82, 2.24) is 5.32 Å². The molecule has 0 spiro atoms. The Labute approximate surface area is 71.9 Å². The molecule has 1 aliphatic rings. The Hall–Kier alpha value is -0.510. The molecule has 4 heteroatoms. The molecule has 2 amide bonds. The maximum Gasteiger partial charge on any atom is 0.286 e. The second-order valence-corrected chi connectivity index (χ2v) is 2.97. The largest absolute Gasteiger partial charge is 0.286 e. The normalized spacial score (nSPS) is 21.7. The standard InChI is InChI=1S/C5H7NO2S.2CH4/c1-2-3-4(7)6-5(8)9-3;;/h3H,2H2,1H3,(H,6,7,8);2*1H4. The van der Waals surface area contributed by atoms with Gasteiger partial charge in [0.2, 0.25) is 5.91 Å². The van der Waals surface area contributed by atoms with Gasteiger partial charge in [-0.25, -0.2) is 0 Å². The van der Waals surface area contributed by atoms with E-state index in [4.69, 9.17) is 0 Å². The van der Waals surface area contributed by atoms with Crippen LogP contribution in [-0.2, 0) is 4.79 Å². The van der Waals surface area contributed by atoms with Gasteiger partial charge in [-0.3, -0.25) is 14.9 Å². The number of amides is 2. The lowest BCUT2D eigenvalue weighted by atomic mass is 10.3. The summed E-state index contributed by atoms with van der Waals surface area (Å²) in [4.78, 5) is 21.1. The van der Waals surface area contributed by atoms with Crippen molar-refractivity contribution in [3.63, 3.8) is 0 Å². The molecular formula is C7H15NO2S. The lowest BCUT2D eigenvalue weighted by Crippen LogP contribution is -2.23. The van der Waals surface area contributed by atoms with Crippen LogP contribution in [0.5, 0.6) is 0 Å². The van der Waals surface area contributed by atoms with Gasteiger partial charge < -0.3 is 0 Å². The number of hydrogen-bond donors (Lipinski definition) is 1. The van der Waals surface area contributed by atoms with Crippen molar-refractivity contribution in [2.45, 2.75) is 33.4 Å². The maximum atomic E-state index is 10.7. The first-order chi connectivity index (χ1) is 4.24. The molecule has 0 radical (unpaired) electrons. The van der Waals surface area contributed by atoms with Gasteiger partial charge in [-0.2, -0.15) is 0 Å². The Morgan fingerprint density at radius 1 is 1.45 bits per heavy atom. The highest BCUT2D eigenvalue weighted by molar-refractivity contribution is 8.15. The van der Waals surface area contributed by atoms with Crippen LogP contribution in [0.2, 0.25) is 0 Å². The van der Waals surface area contributed by atoms with Crippen molar-refractivity contribution in [3.8, 4) is 0 Å². The van der Waals surface area contributed by atoms with E-state index in [-0.39, 0.29) is 31.2 Å². The van der Waals surface area contributed by atoms with E-state index < -0.39 is 0 Å². The third-order valence-corrected chi connectivity index (χ3v) is 2.29. The van der Waals surface area contributed by atoms with Gasteiger partial charge in [0.25, 0.3) is 5.24 Å². The number of hydrogen-bond acceptors (Lipinski definition) is 3. The summed E-state index contributed by atoms with van der Waals surface area (Å²) < 4.78 is 0. The third-order valence-electron chi connectivity index (χ3n) is 1.14. The summed E-state index contributed by atoms with van der Waals surface area (Å²) in [5.74, 6) is -0.146. The van der Waals surface area contributed by atoms with Gasteiger partial charge in [0.15, 0.2) is 0 Å². The van der Waals surface area contributed by atoms with Gasteiger partial charge >= 0.3 is 0 Å². The van der Waals surface area contributed by atoms with Gasteiger partial charge in [-0.05, 0) is 6.42 Å². The first-order valence-electron chi connectivity index (χ1n) is 2.75. The van der Waals surface area contributed by atoms with Crippen LogP contribution in [0.3, 0.4) is 0 Å². The van der Waals surface area contributed by atoms with Gasteiger partial charge in [-0.1, -0.05) is 33.5 Å². The lowest BCUT2D eigenvalue weighted by Gasteiger charge is -1.94. The average molecular weight is 177 g/mol. The number of carbonyl (C=O) groups is 2. The first kappa shape index (κ1) is 13.1. The van der Waals surface area contributed by atoms with Crippen LogP contribution in [0, 0.1) is 0 Å². The fraction of sp³-hybridized carbons (Fsp3) is 0.714. The Bertz CT molecular complexity index is 159. The second-order valence-electron chi connectivity index (χ2n) is 1.79. The SMILES string of the molecule is C.C.CCC1SC(=O)NC1=O. The van der Waals surface area contributed by atoms with Crippen molar-refractivity contribution in [2.24, 2.45) is 0 Å². The molecule has 0 aromatic heterocycles. The number of thioether (sulfide) groups is 1. The molecule has 1 aliphatic heterocycles. The molecule has 0 bridgehead atoms. The van der Waals surface area contributed by atoms with Crippen molar-refractivity contribution < 1.29 is 9.59 Å². The van der Waals surface area contributed by atoms with Crippen LogP contribution in [0.15, 0.2) is 0 Å². The number of carbonyl (C=O) groups excluding carboxylic acids is 2. The Morgan fingerprint density at radius 2 is 2.00 bits per heavy atom. The van der Waals surface area contributed by atoms with E-state index >= 15 is 0 Å².